The summed E-state index contributed by atoms with van der Waals surface area (Å²) in [6.45, 7) is -0.355. The first kappa shape index (κ1) is 13.3. The molecule has 9 nitrogen and oxygen atoms in total. The molecule has 5 N–H and O–H groups in total. The molecule has 0 saturated carbocycles. The minimum Gasteiger partial charge on any atom is -0.478 e. The second-order valence-corrected chi connectivity index (χ2v) is 4.07. The summed E-state index contributed by atoms with van der Waals surface area (Å²) >= 11 is 0. The summed E-state index contributed by atoms with van der Waals surface area (Å²) in [5.74, 6) is 9.71. The largest absolute Gasteiger partial charge is 0.478 e. The number of nitrogens with two attached hydrogens (primary N) is 2. The monoisotopic (exact) mass is 277 g/mol. The number of rotatable bonds is 3. The Bertz CT molecular complexity index is 780. The predicted octanol–water partition coefficient (Wildman–Crippen LogP) is -0.396. The van der Waals surface area contributed by atoms with Gasteiger partial charge in [-0.25, -0.2) is 9.47 Å². The second kappa shape index (κ2) is 4.88. The summed E-state index contributed by atoms with van der Waals surface area (Å²) in [7, 11) is 0. The van der Waals surface area contributed by atoms with Gasteiger partial charge in [0.25, 0.3) is 0 Å². The predicted molar refractivity (Wildman–Crippen MR) is 69.5 cm³/mol. The number of aromatic carboxylic acids is 1. The molecule has 1 aromatic heterocycles. The number of aromatic nitrogens is 1. The lowest BCUT2D eigenvalue weighted by Crippen LogP contribution is -2.34. The number of pyridine rings is 1. The number of nitrogen functional groups attached to an aromatic ring is 1. The number of nitrogens with zero attached hydrogens (tertiary/aromatic N) is 3. The van der Waals surface area contributed by atoms with Crippen LogP contribution >= 0.6 is 0 Å². The highest BCUT2D eigenvalue weighted by molar-refractivity contribution is 5.92. The molecule has 9 heteroatoms. The van der Waals surface area contributed by atoms with Crippen molar-refractivity contribution in [3.8, 4) is 0 Å². The lowest BCUT2D eigenvalue weighted by Gasteiger charge is -2.09. The average molecular weight is 277 g/mol. The lowest BCUT2D eigenvalue weighted by molar-refractivity contribution is -0.496. The molecule has 0 saturated heterocycles. The Kier molecular flexibility index (Phi) is 3.25. The Morgan fingerprint density at radius 3 is 2.70 bits per heavy atom. The van der Waals surface area contributed by atoms with Crippen LogP contribution in [0.1, 0.15) is 15.9 Å². The molecule has 0 aliphatic carbocycles. The average Bonchev–Trinajstić information content (AvgIpc) is 2.38. The molecule has 0 unspecified atom stereocenters. The highest BCUT2D eigenvalue weighted by atomic mass is 16.6. The van der Waals surface area contributed by atoms with Crippen molar-refractivity contribution in [2.45, 2.75) is 6.54 Å². The van der Waals surface area contributed by atoms with E-state index in [-0.39, 0.29) is 17.6 Å². The maximum atomic E-state index is 11.1. The summed E-state index contributed by atoms with van der Waals surface area (Å²) in [6, 6.07) is 5.96. The van der Waals surface area contributed by atoms with Gasteiger partial charge >= 0.3 is 5.97 Å². The van der Waals surface area contributed by atoms with Crippen molar-refractivity contribution >= 4 is 16.9 Å². The van der Waals surface area contributed by atoms with Crippen LogP contribution in [-0.2, 0) is 6.54 Å². The summed E-state index contributed by atoms with van der Waals surface area (Å²) in [6.07, 6.45) is 0. The van der Waals surface area contributed by atoms with Gasteiger partial charge in [-0.3, -0.25) is 10.1 Å². The Hall–Kier alpha value is -3.10. The number of carboxylic acid groups (broad SMARTS) is 1. The van der Waals surface area contributed by atoms with Crippen LogP contribution < -0.4 is 17.2 Å². The molecular formula is C11H11N5O4. The third-order valence-electron chi connectivity index (χ3n) is 2.79. The third kappa shape index (κ3) is 2.23. The smallest absolute Gasteiger partial charge is 0.339 e. The van der Waals surface area contributed by atoms with Crippen LogP contribution in [0.5, 0.6) is 0 Å². The van der Waals surface area contributed by atoms with E-state index in [4.69, 9.17) is 16.8 Å². The van der Waals surface area contributed by atoms with Crippen molar-refractivity contribution in [3.63, 3.8) is 0 Å². The molecule has 0 fully saturated rings. The fraction of sp³-hybridized carbons (Fsp3) is 0.0909. The number of carbonyl (C=O) groups is 1. The molecule has 0 aliphatic heterocycles. The fourth-order valence-corrected chi connectivity index (χ4v) is 1.92. The minimum atomic E-state index is -1.22. The van der Waals surface area contributed by atoms with Gasteiger partial charge in [0.15, 0.2) is 5.49 Å². The van der Waals surface area contributed by atoms with E-state index >= 15 is 0 Å². The summed E-state index contributed by atoms with van der Waals surface area (Å²) in [4.78, 5) is 21.2. The molecule has 0 amide bonds. The maximum absolute atomic E-state index is 11.1. The highest BCUT2D eigenvalue weighted by Crippen LogP contribution is 2.15. The number of carboxylic acids is 1. The first-order valence-electron chi connectivity index (χ1n) is 5.47. The van der Waals surface area contributed by atoms with E-state index in [0.717, 1.165) is 4.68 Å². The molecule has 2 rings (SSSR count). The third-order valence-corrected chi connectivity index (χ3v) is 2.79. The molecule has 0 spiro atoms. The van der Waals surface area contributed by atoms with Gasteiger partial charge in [0.05, 0.1) is 5.52 Å². The van der Waals surface area contributed by atoms with E-state index in [9.17, 15) is 14.9 Å². The highest BCUT2D eigenvalue weighted by Gasteiger charge is 2.13. The van der Waals surface area contributed by atoms with Crippen LogP contribution in [-0.4, -0.2) is 20.7 Å². The SMILES string of the molecule is N/N=c1/c(C(=O)O)cc2ccc(C[N+](=O)[O-])cc2n1N. The van der Waals surface area contributed by atoms with Crippen molar-refractivity contribution in [3.05, 3.63) is 51.0 Å². The summed E-state index contributed by atoms with van der Waals surface area (Å²) in [5, 5.41) is 23.5. The maximum Gasteiger partial charge on any atom is 0.339 e. The zero-order chi connectivity index (χ0) is 14.9. The molecule has 0 radical (unpaired) electrons. The molecule has 0 atom stereocenters. The van der Waals surface area contributed by atoms with Gasteiger partial charge in [0.2, 0.25) is 6.54 Å². The van der Waals surface area contributed by atoms with Gasteiger partial charge in [-0.1, -0.05) is 12.1 Å². The van der Waals surface area contributed by atoms with Crippen LogP contribution in [0, 0.1) is 10.1 Å². The standard InChI is InChI=1S/C11H11N5O4/c12-14-10-8(11(17)18)4-7-2-1-6(5-15(19)20)3-9(7)16(10)13/h1-4H,5,12-13H2,(H,17,18)/b14-10-. The van der Waals surface area contributed by atoms with E-state index < -0.39 is 10.9 Å². The first-order chi connectivity index (χ1) is 9.43. The van der Waals surface area contributed by atoms with Crippen LogP contribution in [0.3, 0.4) is 0 Å². The molecule has 0 aliphatic rings. The molecular weight excluding hydrogens is 266 g/mol. The fourth-order valence-electron chi connectivity index (χ4n) is 1.92. The molecule has 20 heavy (non-hydrogen) atoms. The number of benzene rings is 1. The van der Waals surface area contributed by atoms with E-state index in [1.807, 2.05) is 0 Å². The zero-order valence-electron chi connectivity index (χ0n) is 10.2. The number of fused-ring (bicyclic) bond motifs is 1. The Balaban J connectivity index is 2.77. The van der Waals surface area contributed by atoms with Gasteiger partial charge in [-0.2, -0.15) is 5.10 Å². The topological polar surface area (TPSA) is 150 Å². The van der Waals surface area contributed by atoms with Gasteiger partial charge in [-0.05, 0) is 12.1 Å². The van der Waals surface area contributed by atoms with Crippen molar-refractivity contribution in [2.24, 2.45) is 10.9 Å². The second-order valence-electron chi connectivity index (χ2n) is 4.07. The van der Waals surface area contributed by atoms with Gasteiger partial charge in [-0.15, -0.1) is 0 Å². The van der Waals surface area contributed by atoms with E-state index in [1.165, 1.54) is 18.2 Å². The van der Waals surface area contributed by atoms with E-state index in [2.05, 4.69) is 5.10 Å². The van der Waals surface area contributed by atoms with Gasteiger partial charge in [0.1, 0.15) is 5.56 Å². The van der Waals surface area contributed by atoms with Gasteiger partial charge in [0, 0.05) is 15.9 Å². The number of hydrogen-bond donors (Lipinski definition) is 3. The Morgan fingerprint density at radius 2 is 2.15 bits per heavy atom. The molecule has 1 aromatic carbocycles. The lowest BCUT2D eigenvalue weighted by atomic mass is 10.1. The van der Waals surface area contributed by atoms with Crippen molar-refractivity contribution < 1.29 is 14.8 Å². The van der Waals surface area contributed by atoms with E-state index in [1.54, 1.807) is 6.07 Å². The van der Waals surface area contributed by atoms with E-state index in [0.29, 0.717) is 16.5 Å². The molecule has 1 heterocycles. The van der Waals surface area contributed by atoms with Crippen molar-refractivity contribution in [1.82, 2.24) is 4.68 Å². The van der Waals surface area contributed by atoms with Crippen LogP contribution in [0.15, 0.2) is 29.4 Å². The Morgan fingerprint density at radius 1 is 1.45 bits per heavy atom. The quantitative estimate of drug-likeness (QED) is 0.394. The van der Waals surface area contributed by atoms with Crippen molar-refractivity contribution in [1.29, 1.82) is 0 Å². The van der Waals surface area contributed by atoms with Crippen LogP contribution in [0.25, 0.3) is 10.9 Å². The molecule has 0 bridgehead atoms. The van der Waals surface area contributed by atoms with Gasteiger partial charge < -0.3 is 16.8 Å². The number of hydrogen-bond acceptors (Lipinski definition) is 6. The zero-order valence-corrected chi connectivity index (χ0v) is 10.2. The molecule has 104 valence electrons. The van der Waals surface area contributed by atoms with Crippen LogP contribution in [0.2, 0.25) is 0 Å². The molecule has 2 aromatic rings. The number of nitro groups is 1. The normalized spacial score (nSPS) is 11.7. The van der Waals surface area contributed by atoms with Crippen LogP contribution in [0.4, 0.5) is 0 Å². The van der Waals surface area contributed by atoms with Crippen molar-refractivity contribution in [2.75, 3.05) is 5.84 Å². The minimum absolute atomic E-state index is 0.122. The first-order valence-corrected chi connectivity index (χ1v) is 5.47. The Labute approximate surface area is 111 Å². The summed E-state index contributed by atoms with van der Waals surface area (Å²) in [5.41, 5.74) is 0.569. The summed E-state index contributed by atoms with van der Waals surface area (Å²) < 4.78 is 1.00.